The average Bonchev–Trinajstić information content (AvgIpc) is 3.03. The second-order valence-electron chi connectivity index (χ2n) is 9.80. The van der Waals surface area contributed by atoms with Gasteiger partial charge in [-0.3, -0.25) is 13.9 Å². The van der Waals surface area contributed by atoms with Crippen molar-refractivity contribution in [3.63, 3.8) is 0 Å². The smallest absolute Gasteiger partial charge is 0.264 e. The minimum atomic E-state index is -4.31. The average molecular weight is 655 g/mol. The van der Waals surface area contributed by atoms with Crippen LogP contribution >= 0.6 is 23.2 Å². The highest BCUT2D eigenvalue weighted by molar-refractivity contribution is 7.92. The summed E-state index contributed by atoms with van der Waals surface area (Å²) in [6.07, 6.45) is 0.191. The van der Waals surface area contributed by atoms with Crippen molar-refractivity contribution < 1.29 is 22.7 Å². The van der Waals surface area contributed by atoms with Crippen LogP contribution in [0.1, 0.15) is 18.1 Å². The van der Waals surface area contributed by atoms with E-state index in [4.69, 9.17) is 27.9 Å². The van der Waals surface area contributed by atoms with E-state index < -0.39 is 34.4 Å². The standard InChI is InChI=1S/C33H33Cl2N3O5S/c1-3-43-31-16-10-9-15-29(31)38(44(41,42)27-19-17-26(34)18-20-27)23-32(39)37(22-25-13-7-8-14-28(25)35)30(33(40)36-2)21-24-11-5-4-6-12-24/h4-20,30H,3,21-23H2,1-2H3,(H,36,40)/t30-/m0/s1. The molecule has 1 N–H and O–H groups in total. The SMILES string of the molecule is CCOc1ccccc1N(CC(=O)N(Cc1ccccc1Cl)[C@@H](Cc1ccccc1)C(=O)NC)S(=O)(=O)c1ccc(Cl)cc1. The zero-order valence-electron chi connectivity index (χ0n) is 24.3. The summed E-state index contributed by atoms with van der Waals surface area (Å²) in [5, 5.41) is 3.44. The van der Waals surface area contributed by atoms with Crippen LogP contribution in [0.15, 0.2) is 108 Å². The number of halogens is 2. The van der Waals surface area contributed by atoms with E-state index in [1.807, 2.05) is 30.3 Å². The van der Waals surface area contributed by atoms with E-state index in [0.29, 0.717) is 15.6 Å². The zero-order valence-corrected chi connectivity index (χ0v) is 26.6. The lowest BCUT2D eigenvalue weighted by Crippen LogP contribution is -2.53. The van der Waals surface area contributed by atoms with E-state index in [2.05, 4.69) is 5.32 Å². The normalized spacial score (nSPS) is 11.8. The van der Waals surface area contributed by atoms with Crippen molar-refractivity contribution in [3.8, 4) is 5.75 Å². The van der Waals surface area contributed by atoms with E-state index in [9.17, 15) is 18.0 Å². The predicted molar refractivity (Wildman–Crippen MR) is 174 cm³/mol. The topological polar surface area (TPSA) is 96.0 Å². The van der Waals surface area contributed by atoms with Gasteiger partial charge in [0.15, 0.2) is 0 Å². The van der Waals surface area contributed by atoms with E-state index in [0.717, 1.165) is 9.87 Å². The second-order valence-corrected chi connectivity index (χ2v) is 12.5. The van der Waals surface area contributed by atoms with E-state index >= 15 is 0 Å². The van der Waals surface area contributed by atoms with Crippen LogP contribution in [0.25, 0.3) is 0 Å². The number of likely N-dealkylation sites (N-methyl/N-ethyl adjacent to an activating group) is 1. The number of sulfonamides is 1. The number of anilines is 1. The molecule has 0 aliphatic carbocycles. The van der Waals surface area contributed by atoms with Gasteiger partial charge in [0.05, 0.1) is 17.2 Å². The van der Waals surface area contributed by atoms with Crippen molar-refractivity contribution in [1.29, 1.82) is 0 Å². The number of hydrogen-bond donors (Lipinski definition) is 1. The third-order valence-electron chi connectivity index (χ3n) is 6.93. The summed E-state index contributed by atoms with van der Waals surface area (Å²) in [5.41, 5.74) is 1.60. The number of para-hydroxylation sites is 2. The lowest BCUT2D eigenvalue weighted by molar-refractivity contribution is -0.139. The summed E-state index contributed by atoms with van der Waals surface area (Å²) >= 11 is 12.5. The fourth-order valence-corrected chi connectivity index (χ4v) is 6.46. The quantitative estimate of drug-likeness (QED) is 0.192. The molecule has 4 rings (SSSR count). The Morgan fingerprint density at radius 3 is 2.16 bits per heavy atom. The molecule has 0 aliphatic rings. The van der Waals surface area contributed by atoms with Gasteiger partial charge in [0.2, 0.25) is 11.8 Å². The number of ether oxygens (including phenoxy) is 1. The van der Waals surface area contributed by atoms with Crippen LogP contribution in [-0.2, 0) is 32.6 Å². The molecule has 0 unspecified atom stereocenters. The van der Waals surface area contributed by atoms with Crippen LogP contribution < -0.4 is 14.4 Å². The van der Waals surface area contributed by atoms with Crippen molar-refractivity contribution in [2.24, 2.45) is 0 Å². The molecule has 0 bridgehead atoms. The third-order valence-corrected chi connectivity index (χ3v) is 9.32. The van der Waals surface area contributed by atoms with Gasteiger partial charge >= 0.3 is 0 Å². The number of rotatable bonds is 13. The van der Waals surface area contributed by atoms with E-state index in [-0.39, 0.29) is 35.9 Å². The van der Waals surface area contributed by atoms with Gasteiger partial charge in [0, 0.05) is 30.1 Å². The molecule has 0 saturated carbocycles. The molecule has 0 radical (unpaired) electrons. The first-order chi connectivity index (χ1) is 21.1. The molecule has 11 heteroatoms. The lowest BCUT2D eigenvalue weighted by Gasteiger charge is -2.34. The minimum Gasteiger partial charge on any atom is -0.492 e. The number of amides is 2. The maximum absolute atomic E-state index is 14.4. The van der Waals surface area contributed by atoms with Gasteiger partial charge in [-0.2, -0.15) is 0 Å². The summed E-state index contributed by atoms with van der Waals surface area (Å²) in [6, 6.07) is 27.6. The molecule has 0 aromatic heterocycles. The Balaban J connectivity index is 1.83. The molecule has 0 spiro atoms. The summed E-state index contributed by atoms with van der Waals surface area (Å²) in [4.78, 5) is 29.1. The highest BCUT2D eigenvalue weighted by Gasteiger charge is 2.35. The van der Waals surface area contributed by atoms with Gasteiger partial charge < -0.3 is 15.0 Å². The van der Waals surface area contributed by atoms with Gasteiger partial charge in [-0.05, 0) is 60.5 Å². The molecule has 2 amide bonds. The van der Waals surface area contributed by atoms with Crippen molar-refractivity contribution in [3.05, 3.63) is 124 Å². The van der Waals surface area contributed by atoms with Gasteiger partial charge in [-0.15, -0.1) is 0 Å². The summed E-state index contributed by atoms with van der Waals surface area (Å²) < 4.78 is 35.1. The number of carbonyl (C=O) groups excluding carboxylic acids is 2. The molecule has 44 heavy (non-hydrogen) atoms. The molecule has 0 heterocycles. The monoisotopic (exact) mass is 653 g/mol. The summed E-state index contributed by atoms with van der Waals surface area (Å²) in [5.74, 6) is -0.737. The number of carbonyl (C=O) groups is 2. The predicted octanol–water partition coefficient (Wildman–Crippen LogP) is 5.97. The van der Waals surface area contributed by atoms with Crippen LogP contribution in [0.3, 0.4) is 0 Å². The fraction of sp³-hybridized carbons (Fsp3) is 0.212. The number of nitrogens with zero attached hydrogens (tertiary/aromatic N) is 2. The van der Waals surface area contributed by atoms with Crippen molar-refractivity contribution in [2.45, 2.75) is 30.8 Å². The molecule has 0 fully saturated rings. The number of benzene rings is 4. The first kappa shape index (κ1) is 32.9. The summed E-state index contributed by atoms with van der Waals surface area (Å²) in [6.45, 7) is 1.39. The first-order valence-corrected chi connectivity index (χ1v) is 16.1. The van der Waals surface area contributed by atoms with Crippen LogP contribution in [0.4, 0.5) is 5.69 Å². The van der Waals surface area contributed by atoms with Crippen molar-refractivity contribution in [1.82, 2.24) is 10.2 Å². The van der Waals surface area contributed by atoms with Crippen molar-refractivity contribution >= 4 is 50.7 Å². The van der Waals surface area contributed by atoms with Crippen LogP contribution in [0, 0.1) is 0 Å². The Hall–Kier alpha value is -4.05. The van der Waals surface area contributed by atoms with Crippen LogP contribution in [0.5, 0.6) is 5.75 Å². The molecule has 4 aromatic rings. The largest absolute Gasteiger partial charge is 0.492 e. The fourth-order valence-electron chi connectivity index (χ4n) is 4.72. The minimum absolute atomic E-state index is 0.0363. The van der Waals surface area contributed by atoms with Gasteiger partial charge in [-0.25, -0.2) is 8.42 Å². The molecule has 1 atom stereocenters. The summed E-state index contributed by atoms with van der Waals surface area (Å²) in [7, 11) is -2.82. The second kappa shape index (κ2) is 15.1. The van der Waals surface area contributed by atoms with Crippen molar-refractivity contribution in [2.75, 3.05) is 24.5 Å². The Bertz CT molecular complexity index is 1690. The molecule has 8 nitrogen and oxygen atoms in total. The Labute approximate surface area is 268 Å². The third kappa shape index (κ3) is 7.91. The van der Waals surface area contributed by atoms with Gasteiger partial charge in [0.1, 0.15) is 18.3 Å². The maximum atomic E-state index is 14.4. The van der Waals surface area contributed by atoms with Crippen LogP contribution in [-0.4, -0.2) is 51.4 Å². The molecule has 4 aromatic carbocycles. The highest BCUT2D eigenvalue weighted by atomic mass is 35.5. The molecule has 230 valence electrons. The Kier molecular flexibility index (Phi) is 11.3. The van der Waals surface area contributed by atoms with Crippen LogP contribution in [0.2, 0.25) is 10.0 Å². The van der Waals surface area contributed by atoms with E-state index in [1.165, 1.54) is 36.2 Å². The molecular weight excluding hydrogens is 621 g/mol. The number of hydrogen-bond acceptors (Lipinski definition) is 5. The number of nitrogens with one attached hydrogen (secondary N) is 1. The Morgan fingerprint density at radius 1 is 0.864 bits per heavy atom. The molecule has 0 saturated heterocycles. The van der Waals surface area contributed by atoms with Gasteiger partial charge in [-0.1, -0.05) is 83.9 Å². The van der Waals surface area contributed by atoms with Gasteiger partial charge in [0.25, 0.3) is 10.0 Å². The molecular formula is C33H33Cl2N3O5S. The lowest BCUT2D eigenvalue weighted by atomic mass is 10.0. The first-order valence-electron chi connectivity index (χ1n) is 13.9. The zero-order chi connectivity index (χ0) is 31.7. The maximum Gasteiger partial charge on any atom is 0.264 e. The highest BCUT2D eigenvalue weighted by Crippen LogP contribution is 2.33. The Morgan fingerprint density at radius 2 is 1.50 bits per heavy atom. The van der Waals surface area contributed by atoms with E-state index in [1.54, 1.807) is 55.5 Å². The molecule has 0 aliphatic heterocycles.